The lowest BCUT2D eigenvalue weighted by Gasteiger charge is -2.21. The Kier molecular flexibility index (Phi) is 10.3. The summed E-state index contributed by atoms with van der Waals surface area (Å²) in [5, 5.41) is 13.2. The van der Waals surface area contributed by atoms with E-state index in [1.807, 2.05) is 42.0 Å². The van der Waals surface area contributed by atoms with E-state index in [1.54, 1.807) is 27.9 Å². The maximum Gasteiger partial charge on any atom is 0.425 e. The van der Waals surface area contributed by atoms with Crippen molar-refractivity contribution < 1.29 is 32.6 Å². The fraction of sp³-hybridized carbons (Fsp3) is 0.433. The van der Waals surface area contributed by atoms with Crippen LogP contribution in [0.2, 0.25) is 5.02 Å². The second kappa shape index (κ2) is 13.2. The number of aryl methyl sites for hydroxylation is 1. The number of halogens is 4. The van der Waals surface area contributed by atoms with Gasteiger partial charge in [0.1, 0.15) is 17.2 Å². The van der Waals surface area contributed by atoms with Crippen LogP contribution in [0, 0.1) is 0 Å². The third kappa shape index (κ3) is 8.48. The maximum absolute atomic E-state index is 13.1. The van der Waals surface area contributed by atoms with Crippen LogP contribution in [0.15, 0.2) is 48.7 Å². The molecule has 2 aromatic carbocycles. The molecule has 2 atom stereocenters. The third-order valence-electron chi connectivity index (χ3n) is 6.61. The van der Waals surface area contributed by atoms with Gasteiger partial charge in [0.25, 0.3) is 5.91 Å². The minimum absolute atomic E-state index is 0.0222. The number of ether oxygens (including phenoxy) is 1. The molecule has 1 heterocycles. The molecule has 3 aromatic rings. The lowest BCUT2D eigenvalue weighted by molar-refractivity contribution is -0.189. The Morgan fingerprint density at radius 3 is 2.29 bits per heavy atom. The summed E-state index contributed by atoms with van der Waals surface area (Å²) in [5.41, 5.74) is 1.42. The van der Waals surface area contributed by atoms with Crippen molar-refractivity contribution in [3.05, 3.63) is 70.6 Å². The number of aliphatic hydroxyl groups is 1. The zero-order valence-corrected chi connectivity index (χ0v) is 25.2. The van der Waals surface area contributed by atoms with Gasteiger partial charge in [0.05, 0.1) is 10.7 Å². The van der Waals surface area contributed by atoms with Gasteiger partial charge in [-0.05, 0) is 57.9 Å². The summed E-state index contributed by atoms with van der Waals surface area (Å²) < 4.78 is 45.4. The van der Waals surface area contributed by atoms with Crippen LogP contribution in [0.25, 0.3) is 11.3 Å². The zero-order chi connectivity index (χ0) is 31.4. The third-order valence-corrected chi connectivity index (χ3v) is 6.91. The van der Waals surface area contributed by atoms with Crippen molar-refractivity contribution in [2.24, 2.45) is 0 Å². The molecule has 0 unspecified atom stereocenters. The van der Waals surface area contributed by atoms with E-state index in [1.165, 1.54) is 23.1 Å². The van der Waals surface area contributed by atoms with Crippen molar-refractivity contribution in [1.29, 1.82) is 0 Å². The van der Waals surface area contributed by atoms with Crippen LogP contribution in [0.1, 0.15) is 55.9 Å². The number of rotatable bonds is 11. The molecule has 12 heteroatoms. The summed E-state index contributed by atoms with van der Waals surface area (Å²) in [4.78, 5) is 31.7. The standard InChI is InChI=1S/C30H36ClF3N4O4/c1-7-38-17-24(36-28(38)29(3,4)41)20-10-8-19(9-11-20)14-22(16-26(39)37(5)6)35-27(40)21-12-13-25(23(31)15-21)42-18(2)30(32,33)34/h8-13,15,17-18,22,41H,7,14,16H2,1-6H3,(H,35,40)/t18-,22+/m1/s1. The largest absolute Gasteiger partial charge is 0.480 e. The molecule has 0 spiro atoms. The highest BCUT2D eigenvalue weighted by Gasteiger charge is 2.38. The van der Waals surface area contributed by atoms with Gasteiger partial charge < -0.3 is 24.6 Å². The number of amides is 2. The summed E-state index contributed by atoms with van der Waals surface area (Å²) in [6.07, 6.45) is -4.41. The molecule has 0 aliphatic carbocycles. The summed E-state index contributed by atoms with van der Waals surface area (Å²) >= 11 is 6.12. The lowest BCUT2D eigenvalue weighted by atomic mass is 10.00. The highest BCUT2D eigenvalue weighted by Crippen LogP contribution is 2.31. The number of carbonyl (C=O) groups excluding carboxylic acids is 2. The molecule has 1 aromatic heterocycles. The van der Waals surface area contributed by atoms with Crippen LogP contribution in [0.4, 0.5) is 13.2 Å². The van der Waals surface area contributed by atoms with Crippen LogP contribution in [-0.2, 0) is 23.4 Å². The Labute approximate surface area is 248 Å². The summed E-state index contributed by atoms with van der Waals surface area (Å²) in [6, 6.07) is 10.7. The molecule has 0 radical (unpaired) electrons. The number of hydrogen-bond acceptors (Lipinski definition) is 5. The van der Waals surface area contributed by atoms with Crippen molar-refractivity contribution in [2.45, 2.75) is 71.0 Å². The second-order valence-corrected chi connectivity index (χ2v) is 11.2. The van der Waals surface area contributed by atoms with E-state index in [2.05, 4.69) is 10.3 Å². The highest BCUT2D eigenvalue weighted by molar-refractivity contribution is 6.32. The first-order chi connectivity index (χ1) is 19.5. The van der Waals surface area contributed by atoms with Gasteiger partial charge in [-0.1, -0.05) is 35.9 Å². The van der Waals surface area contributed by atoms with E-state index in [4.69, 9.17) is 16.3 Å². The summed E-state index contributed by atoms with van der Waals surface area (Å²) in [7, 11) is 3.24. The normalized spacial score (nSPS) is 13.4. The predicted octanol–water partition coefficient (Wildman–Crippen LogP) is 5.60. The first-order valence-corrected chi connectivity index (χ1v) is 13.8. The number of alkyl halides is 3. The summed E-state index contributed by atoms with van der Waals surface area (Å²) in [5.74, 6) is -0.367. The number of hydrogen-bond donors (Lipinski definition) is 2. The quantitative estimate of drug-likeness (QED) is 0.295. The Bertz CT molecular complexity index is 1400. The number of imidazole rings is 1. The second-order valence-electron chi connectivity index (χ2n) is 10.8. The fourth-order valence-corrected chi connectivity index (χ4v) is 4.44. The summed E-state index contributed by atoms with van der Waals surface area (Å²) in [6.45, 7) is 6.85. The van der Waals surface area contributed by atoms with Crippen molar-refractivity contribution in [3.63, 3.8) is 0 Å². The van der Waals surface area contributed by atoms with E-state index < -0.39 is 29.8 Å². The average molecular weight is 609 g/mol. The van der Waals surface area contributed by atoms with Crippen LogP contribution in [-0.4, -0.2) is 63.8 Å². The van der Waals surface area contributed by atoms with Gasteiger partial charge in [-0.25, -0.2) is 4.98 Å². The molecule has 0 saturated carbocycles. The lowest BCUT2D eigenvalue weighted by Crippen LogP contribution is -2.40. The topological polar surface area (TPSA) is 96.7 Å². The van der Waals surface area contributed by atoms with Gasteiger partial charge in [-0.15, -0.1) is 0 Å². The van der Waals surface area contributed by atoms with E-state index in [9.17, 15) is 27.9 Å². The number of aromatic nitrogens is 2. The molecule has 42 heavy (non-hydrogen) atoms. The number of benzene rings is 2. The Balaban J connectivity index is 1.78. The zero-order valence-electron chi connectivity index (χ0n) is 24.4. The molecule has 0 saturated heterocycles. The minimum Gasteiger partial charge on any atom is -0.480 e. The van der Waals surface area contributed by atoms with Crippen molar-refractivity contribution in [2.75, 3.05) is 14.1 Å². The molecular weight excluding hydrogens is 573 g/mol. The smallest absolute Gasteiger partial charge is 0.425 e. The molecule has 228 valence electrons. The number of carbonyl (C=O) groups is 2. The highest BCUT2D eigenvalue weighted by atomic mass is 35.5. The van der Waals surface area contributed by atoms with Crippen LogP contribution >= 0.6 is 11.6 Å². The van der Waals surface area contributed by atoms with E-state index >= 15 is 0 Å². The molecule has 0 bridgehead atoms. The molecule has 0 aliphatic heterocycles. The van der Waals surface area contributed by atoms with Gasteiger partial charge in [-0.2, -0.15) is 13.2 Å². The van der Waals surface area contributed by atoms with Gasteiger partial charge in [0.15, 0.2) is 6.10 Å². The molecule has 0 fully saturated rings. The maximum atomic E-state index is 13.1. The first-order valence-electron chi connectivity index (χ1n) is 13.4. The fourth-order valence-electron chi connectivity index (χ4n) is 4.21. The molecule has 2 N–H and O–H groups in total. The molecule has 2 amide bonds. The molecule has 3 rings (SSSR count). The van der Waals surface area contributed by atoms with Gasteiger partial charge in [0.2, 0.25) is 5.91 Å². The van der Waals surface area contributed by atoms with Crippen molar-refractivity contribution in [3.8, 4) is 17.0 Å². The van der Waals surface area contributed by atoms with E-state index in [0.29, 0.717) is 24.5 Å². The number of nitrogens with one attached hydrogen (secondary N) is 1. The van der Waals surface area contributed by atoms with Crippen molar-refractivity contribution >= 4 is 23.4 Å². The number of nitrogens with zero attached hydrogens (tertiary/aromatic N) is 3. The van der Waals surface area contributed by atoms with E-state index in [-0.39, 0.29) is 28.7 Å². The van der Waals surface area contributed by atoms with Crippen molar-refractivity contribution in [1.82, 2.24) is 19.8 Å². The van der Waals surface area contributed by atoms with Gasteiger partial charge in [-0.3, -0.25) is 9.59 Å². The molecule has 0 aliphatic rings. The molecular formula is C30H36ClF3N4O4. The van der Waals surface area contributed by atoms with Crippen LogP contribution < -0.4 is 10.1 Å². The Hall–Kier alpha value is -3.57. The molecule has 8 nitrogen and oxygen atoms in total. The Morgan fingerprint density at radius 2 is 1.79 bits per heavy atom. The van der Waals surface area contributed by atoms with Gasteiger partial charge >= 0.3 is 6.18 Å². The Morgan fingerprint density at radius 1 is 1.14 bits per heavy atom. The monoisotopic (exact) mass is 608 g/mol. The van der Waals surface area contributed by atoms with E-state index in [0.717, 1.165) is 18.1 Å². The van der Waals surface area contributed by atoms with Crippen LogP contribution in [0.3, 0.4) is 0 Å². The first kappa shape index (κ1) is 32.9. The average Bonchev–Trinajstić information content (AvgIpc) is 3.35. The van der Waals surface area contributed by atoms with Crippen LogP contribution in [0.5, 0.6) is 5.75 Å². The minimum atomic E-state index is -4.57. The van der Waals surface area contributed by atoms with Gasteiger partial charge in [0, 0.05) is 50.4 Å². The predicted molar refractivity (Wildman–Crippen MR) is 154 cm³/mol. The SMILES string of the molecule is CCn1cc(-c2ccc(C[C@@H](CC(=O)N(C)C)NC(=O)c3ccc(O[C@H](C)C(F)(F)F)c(Cl)c3)cc2)nc1C(C)(C)O.